The second-order valence-corrected chi connectivity index (χ2v) is 12.7. The van der Waals surface area contributed by atoms with Crippen molar-refractivity contribution in [1.82, 2.24) is 29.2 Å². The van der Waals surface area contributed by atoms with Gasteiger partial charge in [0.1, 0.15) is 0 Å². The molecule has 3 aromatic heterocycles. The Hall–Kier alpha value is -1.96. The molecule has 2 saturated carbocycles. The van der Waals surface area contributed by atoms with Crippen LogP contribution in [0.4, 0.5) is 10.1 Å². The molecule has 34 heavy (non-hydrogen) atoms. The van der Waals surface area contributed by atoms with E-state index in [4.69, 9.17) is 4.98 Å². The van der Waals surface area contributed by atoms with E-state index in [1.165, 1.54) is 18.4 Å². The maximum atomic E-state index is 13.4. The minimum atomic E-state index is -0.545. The Morgan fingerprint density at radius 3 is 2.68 bits per heavy atom. The molecule has 3 fully saturated rings. The Bertz CT molecular complexity index is 1250. The standard InChI is InChI=1S/C23H27FN8SSe/c1-30-7-9-31(10-8-30)17-11-16(33-29-23(14-25)5-6-23)13-32-20(22-28-27-18(12-24)34-22)19(26-21(17)32)15-3-2-4-15/h11,13,15,29H,2-10,12H2,1H3. The van der Waals surface area contributed by atoms with E-state index >= 15 is 0 Å². The first kappa shape index (κ1) is 22.5. The third-order valence-electron chi connectivity index (χ3n) is 7.15. The average Bonchev–Trinajstić information content (AvgIpc) is 3.28. The van der Waals surface area contributed by atoms with E-state index in [9.17, 15) is 9.65 Å². The van der Waals surface area contributed by atoms with Crippen LogP contribution in [0.2, 0.25) is 0 Å². The SMILES string of the molecule is CN1CCN(c2cc(SNC3(C#N)CC3)cn3c(-c4nnc(CF)[se]4)c(C4CCC4)nc23)CC1. The van der Waals surface area contributed by atoms with Crippen LogP contribution in [0.3, 0.4) is 0 Å². The van der Waals surface area contributed by atoms with Crippen molar-refractivity contribution in [3.63, 3.8) is 0 Å². The molecule has 2 aliphatic carbocycles. The molecule has 0 amide bonds. The number of rotatable bonds is 7. The number of halogens is 1. The number of hydrogen-bond acceptors (Lipinski definition) is 8. The Balaban J connectivity index is 1.49. The van der Waals surface area contributed by atoms with Crippen molar-refractivity contribution in [3.05, 3.63) is 22.5 Å². The number of likely N-dealkylation sites (N-methyl/N-ethyl adjacent to an activating group) is 1. The fourth-order valence-corrected chi connectivity index (χ4v) is 7.00. The van der Waals surface area contributed by atoms with Crippen molar-refractivity contribution in [3.8, 4) is 16.3 Å². The quantitative estimate of drug-likeness (QED) is 0.359. The molecule has 8 nitrogen and oxygen atoms in total. The Morgan fingerprint density at radius 1 is 1.26 bits per heavy atom. The molecule has 1 N–H and O–H groups in total. The first-order valence-electron chi connectivity index (χ1n) is 11.8. The van der Waals surface area contributed by atoms with Crippen LogP contribution in [-0.4, -0.2) is 77.8 Å². The maximum absolute atomic E-state index is 13.4. The van der Waals surface area contributed by atoms with Crippen LogP contribution in [0.25, 0.3) is 15.9 Å². The summed E-state index contributed by atoms with van der Waals surface area (Å²) in [5, 5.41) is 18.1. The molecule has 6 rings (SSSR count). The van der Waals surface area contributed by atoms with Gasteiger partial charge in [-0.25, -0.2) is 0 Å². The molecule has 11 heteroatoms. The van der Waals surface area contributed by atoms with Gasteiger partial charge in [-0.1, -0.05) is 0 Å². The number of anilines is 1. The molecule has 0 spiro atoms. The summed E-state index contributed by atoms with van der Waals surface area (Å²) in [5.41, 5.74) is 3.74. The third kappa shape index (κ3) is 4.05. The molecule has 0 aromatic carbocycles. The van der Waals surface area contributed by atoms with E-state index in [2.05, 4.69) is 54.5 Å². The van der Waals surface area contributed by atoms with Gasteiger partial charge in [0.15, 0.2) is 0 Å². The van der Waals surface area contributed by atoms with Gasteiger partial charge >= 0.3 is 209 Å². The first-order valence-corrected chi connectivity index (χ1v) is 14.4. The zero-order valence-electron chi connectivity index (χ0n) is 19.1. The number of nitrogens with zero attached hydrogens (tertiary/aromatic N) is 7. The fraction of sp³-hybridized carbons (Fsp3) is 0.565. The second-order valence-electron chi connectivity index (χ2n) is 9.55. The number of piperazine rings is 1. The van der Waals surface area contributed by atoms with Gasteiger partial charge in [-0.3, -0.25) is 0 Å². The van der Waals surface area contributed by atoms with Crippen molar-refractivity contribution in [2.24, 2.45) is 0 Å². The predicted molar refractivity (Wildman–Crippen MR) is 131 cm³/mol. The van der Waals surface area contributed by atoms with Gasteiger partial charge in [-0.05, 0) is 0 Å². The average molecular weight is 546 g/mol. The normalized spacial score (nSPS) is 20.4. The van der Waals surface area contributed by atoms with Crippen LogP contribution < -0.4 is 9.62 Å². The van der Waals surface area contributed by atoms with E-state index in [0.717, 1.165) is 84.0 Å². The molecule has 0 atom stereocenters. The molecule has 3 aromatic rings. The summed E-state index contributed by atoms with van der Waals surface area (Å²) < 4.78 is 20.3. The molecule has 0 unspecified atom stereocenters. The second kappa shape index (κ2) is 8.92. The number of nitriles is 1. The molecule has 1 aliphatic heterocycles. The first-order chi connectivity index (χ1) is 16.6. The summed E-state index contributed by atoms with van der Waals surface area (Å²) in [4.78, 5) is 11.0. The summed E-state index contributed by atoms with van der Waals surface area (Å²) in [7, 11) is 2.16. The molecular formula is C23H27FN8SSe. The van der Waals surface area contributed by atoms with E-state index in [0.29, 0.717) is 10.5 Å². The fourth-order valence-electron chi connectivity index (χ4n) is 4.56. The van der Waals surface area contributed by atoms with Crippen molar-refractivity contribution in [2.75, 3.05) is 38.1 Å². The number of pyridine rings is 1. The van der Waals surface area contributed by atoms with Gasteiger partial charge in [-0.15, -0.1) is 0 Å². The topological polar surface area (TPSA) is 85.4 Å². The van der Waals surface area contributed by atoms with Crippen molar-refractivity contribution in [2.45, 2.75) is 55.1 Å². The molecule has 3 aliphatic rings. The number of imidazole rings is 1. The van der Waals surface area contributed by atoms with E-state index < -0.39 is 12.2 Å². The summed E-state index contributed by atoms with van der Waals surface area (Å²) in [6.07, 6.45) is 7.35. The van der Waals surface area contributed by atoms with E-state index in [-0.39, 0.29) is 14.5 Å². The van der Waals surface area contributed by atoms with Gasteiger partial charge in [0, 0.05) is 0 Å². The Kier molecular flexibility index (Phi) is 5.90. The number of nitrogens with one attached hydrogen (secondary N) is 1. The summed E-state index contributed by atoms with van der Waals surface area (Å²) in [5.74, 6) is 0.422. The molecule has 1 saturated heterocycles. The number of fused-ring (bicyclic) bond motifs is 1. The molecule has 0 radical (unpaired) electrons. The van der Waals surface area contributed by atoms with Crippen LogP contribution in [0.15, 0.2) is 17.2 Å². The zero-order chi connectivity index (χ0) is 23.3. The van der Waals surface area contributed by atoms with Crippen LogP contribution in [0.1, 0.15) is 48.3 Å². The van der Waals surface area contributed by atoms with Gasteiger partial charge in [-0.2, -0.15) is 0 Å². The third-order valence-corrected chi connectivity index (χ3v) is 9.98. The Labute approximate surface area is 208 Å². The van der Waals surface area contributed by atoms with Crippen LogP contribution in [0, 0.1) is 11.3 Å². The van der Waals surface area contributed by atoms with Crippen molar-refractivity contribution in [1.29, 1.82) is 5.26 Å². The van der Waals surface area contributed by atoms with E-state index in [1.807, 2.05) is 0 Å². The summed E-state index contributed by atoms with van der Waals surface area (Å²) in [6.45, 7) is 3.35. The number of hydrogen-bond donors (Lipinski definition) is 1. The van der Waals surface area contributed by atoms with Gasteiger partial charge in [0.25, 0.3) is 0 Å². The van der Waals surface area contributed by atoms with E-state index in [1.54, 1.807) is 0 Å². The summed E-state index contributed by atoms with van der Waals surface area (Å²) in [6, 6.07) is 4.62. The Morgan fingerprint density at radius 2 is 2.06 bits per heavy atom. The summed E-state index contributed by atoms with van der Waals surface area (Å²) >= 11 is 1.30. The predicted octanol–water partition coefficient (Wildman–Crippen LogP) is 2.99. The van der Waals surface area contributed by atoms with Crippen molar-refractivity contribution >= 4 is 37.8 Å². The van der Waals surface area contributed by atoms with Crippen molar-refractivity contribution < 1.29 is 4.39 Å². The molecule has 4 heterocycles. The van der Waals surface area contributed by atoms with Gasteiger partial charge in [0.05, 0.1) is 0 Å². The minimum absolute atomic E-state index is 0.225. The number of aromatic nitrogens is 4. The van der Waals surface area contributed by atoms with Crippen LogP contribution >= 0.6 is 11.9 Å². The zero-order valence-corrected chi connectivity index (χ0v) is 21.7. The monoisotopic (exact) mass is 546 g/mol. The van der Waals surface area contributed by atoms with Gasteiger partial charge in [0.2, 0.25) is 0 Å². The molecule has 178 valence electrons. The number of alkyl halides is 1. The van der Waals surface area contributed by atoms with Crippen LogP contribution in [-0.2, 0) is 6.67 Å². The molecule has 0 bridgehead atoms. The molecular weight excluding hydrogens is 518 g/mol. The van der Waals surface area contributed by atoms with Crippen LogP contribution in [0.5, 0.6) is 0 Å². The van der Waals surface area contributed by atoms with Gasteiger partial charge < -0.3 is 0 Å².